The molecule has 112 valence electrons. The van der Waals surface area contributed by atoms with E-state index >= 15 is 0 Å². The SMILES string of the molecule is CCOc1ccc(Cl)cc1-c1oc2ccccc2c(=O)c1O. The van der Waals surface area contributed by atoms with Gasteiger partial charge in [0.25, 0.3) is 0 Å². The number of ether oxygens (including phenoxy) is 1. The normalized spacial score (nSPS) is 10.8. The van der Waals surface area contributed by atoms with Gasteiger partial charge in [0.2, 0.25) is 11.2 Å². The molecule has 0 radical (unpaired) electrons. The van der Waals surface area contributed by atoms with E-state index in [2.05, 4.69) is 0 Å². The molecule has 0 fully saturated rings. The van der Waals surface area contributed by atoms with Crippen molar-refractivity contribution in [3.05, 3.63) is 57.7 Å². The average Bonchev–Trinajstić information content (AvgIpc) is 2.53. The van der Waals surface area contributed by atoms with Crippen molar-refractivity contribution < 1.29 is 14.3 Å². The molecule has 3 aromatic rings. The van der Waals surface area contributed by atoms with Gasteiger partial charge in [-0.05, 0) is 37.3 Å². The predicted molar refractivity (Wildman–Crippen MR) is 85.8 cm³/mol. The largest absolute Gasteiger partial charge is 0.502 e. The molecular weight excluding hydrogens is 304 g/mol. The summed E-state index contributed by atoms with van der Waals surface area (Å²) in [6.45, 7) is 2.28. The third-order valence-electron chi connectivity index (χ3n) is 3.26. The highest BCUT2D eigenvalue weighted by Gasteiger charge is 2.18. The summed E-state index contributed by atoms with van der Waals surface area (Å²) in [5.41, 5.74) is 0.344. The first kappa shape index (κ1) is 14.5. The van der Waals surface area contributed by atoms with Crippen LogP contribution in [0.15, 0.2) is 51.7 Å². The van der Waals surface area contributed by atoms with E-state index in [0.29, 0.717) is 33.9 Å². The van der Waals surface area contributed by atoms with Crippen molar-refractivity contribution in [3.8, 4) is 22.8 Å². The number of fused-ring (bicyclic) bond motifs is 1. The Labute approximate surface area is 131 Å². The van der Waals surface area contributed by atoms with Gasteiger partial charge in [0.05, 0.1) is 17.6 Å². The van der Waals surface area contributed by atoms with Gasteiger partial charge < -0.3 is 14.3 Å². The van der Waals surface area contributed by atoms with Crippen molar-refractivity contribution in [2.75, 3.05) is 6.61 Å². The number of benzene rings is 2. The second kappa shape index (κ2) is 5.73. The first-order chi connectivity index (χ1) is 10.6. The van der Waals surface area contributed by atoms with E-state index in [-0.39, 0.29) is 5.76 Å². The molecular formula is C17H13ClO4. The van der Waals surface area contributed by atoms with Crippen LogP contribution in [0.2, 0.25) is 5.02 Å². The van der Waals surface area contributed by atoms with Gasteiger partial charge in [-0.3, -0.25) is 4.79 Å². The maximum Gasteiger partial charge on any atom is 0.235 e. The molecule has 3 rings (SSSR count). The first-order valence-corrected chi connectivity index (χ1v) is 7.17. The van der Waals surface area contributed by atoms with Crippen LogP contribution >= 0.6 is 11.6 Å². The molecule has 1 heterocycles. The molecule has 0 amide bonds. The Kier molecular flexibility index (Phi) is 3.77. The van der Waals surface area contributed by atoms with Crippen molar-refractivity contribution in [3.63, 3.8) is 0 Å². The van der Waals surface area contributed by atoms with Gasteiger partial charge in [-0.2, -0.15) is 0 Å². The lowest BCUT2D eigenvalue weighted by Gasteiger charge is -2.11. The molecule has 4 nitrogen and oxygen atoms in total. The van der Waals surface area contributed by atoms with E-state index in [1.54, 1.807) is 42.5 Å². The zero-order valence-electron chi connectivity index (χ0n) is 11.8. The third-order valence-corrected chi connectivity index (χ3v) is 3.50. The van der Waals surface area contributed by atoms with Crippen LogP contribution in [0.1, 0.15) is 6.92 Å². The Bertz CT molecular complexity index is 899. The molecule has 0 aliphatic heterocycles. The first-order valence-electron chi connectivity index (χ1n) is 6.79. The molecule has 0 saturated carbocycles. The predicted octanol–water partition coefficient (Wildman–Crippen LogP) is 4.22. The van der Waals surface area contributed by atoms with Crippen LogP contribution in [0.3, 0.4) is 0 Å². The number of hydrogen-bond acceptors (Lipinski definition) is 4. The van der Waals surface area contributed by atoms with E-state index in [1.807, 2.05) is 6.92 Å². The van der Waals surface area contributed by atoms with Crippen LogP contribution < -0.4 is 10.2 Å². The van der Waals surface area contributed by atoms with E-state index in [0.717, 1.165) is 0 Å². The molecule has 22 heavy (non-hydrogen) atoms. The van der Waals surface area contributed by atoms with E-state index < -0.39 is 11.2 Å². The molecule has 2 aromatic carbocycles. The molecule has 0 atom stereocenters. The minimum absolute atomic E-state index is 0.0506. The van der Waals surface area contributed by atoms with Gasteiger partial charge in [0.15, 0.2) is 5.76 Å². The fourth-order valence-corrected chi connectivity index (χ4v) is 2.45. The second-order valence-electron chi connectivity index (χ2n) is 4.68. The molecule has 0 saturated heterocycles. The summed E-state index contributed by atoms with van der Waals surface area (Å²) >= 11 is 6.02. The number of aromatic hydroxyl groups is 1. The van der Waals surface area contributed by atoms with Gasteiger partial charge in [-0.25, -0.2) is 0 Å². The zero-order valence-corrected chi connectivity index (χ0v) is 12.6. The number of hydrogen-bond donors (Lipinski definition) is 1. The topological polar surface area (TPSA) is 59.7 Å². The maximum absolute atomic E-state index is 12.3. The molecule has 1 N–H and O–H groups in total. The Morgan fingerprint density at radius 1 is 1.23 bits per heavy atom. The molecule has 5 heteroatoms. The standard InChI is InChI=1S/C17H13ClO4/c1-2-21-13-8-7-10(18)9-12(13)17-16(20)15(19)11-5-3-4-6-14(11)22-17/h3-9,20H,2H2,1H3. The van der Waals surface area contributed by atoms with Crippen molar-refractivity contribution >= 4 is 22.6 Å². The highest BCUT2D eigenvalue weighted by molar-refractivity contribution is 6.31. The fourth-order valence-electron chi connectivity index (χ4n) is 2.28. The highest BCUT2D eigenvalue weighted by atomic mass is 35.5. The molecule has 1 aromatic heterocycles. The van der Waals surface area contributed by atoms with E-state index in [1.165, 1.54) is 0 Å². The van der Waals surface area contributed by atoms with Gasteiger partial charge >= 0.3 is 0 Å². The Hall–Kier alpha value is -2.46. The van der Waals surface area contributed by atoms with Crippen molar-refractivity contribution in [2.24, 2.45) is 0 Å². The summed E-state index contributed by atoms with van der Waals surface area (Å²) in [6, 6.07) is 11.7. The average molecular weight is 317 g/mol. The van der Waals surface area contributed by atoms with Crippen LogP contribution in [0.25, 0.3) is 22.3 Å². The van der Waals surface area contributed by atoms with Crippen molar-refractivity contribution in [1.29, 1.82) is 0 Å². The lowest BCUT2D eigenvalue weighted by Crippen LogP contribution is -2.03. The molecule has 0 bridgehead atoms. The minimum Gasteiger partial charge on any atom is -0.502 e. The molecule has 0 unspecified atom stereocenters. The summed E-state index contributed by atoms with van der Waals surface area (Å²) < 4.78 is 11.2. The Morgan fingerprint density at radius 2 is 2.00 bits per heavy atom. The van der Waals surface area contributed by atoms with Gasteiger partial charge in [0.1, 0.15) is 11.3 Å². The van der Waals surface area contributed by atoms with Crippen LogP contribution in [0, 0.1) is 0 Å². The van der Waals surface area contributed by atoms with Crippen molar-refractivity contribution in [1.82, 2.24) is 0 Å². The smallest absolute Gasteiger partial charge is 0.235 e. The van der Waals surface area contributed by atoms with Gasteiger partial charge in [-0.15, -0.1) is 0 Å². The highest BCUT2D eigenvalue weighted by Crippen LogP contribution is 2.37. The summed E-state index contributed by atoms with van der Waals surface area (Å²) in [7, 11) is 0. The quantitative estimate of drug-likeness (QED) is 0.786. The Balaban J connectivity index is 2.33. The summed E-state index contributed by atoms with van der Waals surface area (Å²) in [5.74, 6) is 0.0807. The van der Waals surface area contributed by atoms with Crippen molar-refractivity contribution in [2.45, 2.75) is 6.92 Å². The van der Waals surface area contributed by atoms with Crippen LogP contribution in [-0.4, -0.2) is 11.7 Å². The lowest BCUT2D eigenvalue weighted by atomic mass is 10.1. The van der Waals surface area contributed by atoms with E-state index in [4.69, 9.17) is 20.8 Å². The number of halogens is 1. The van der Waals surface area contributed by atoms with E-state index in [9.17, 15) is 9.90 Å². The van der Waals surface area contributed by atoms with Gasteiger partial charge in [0, 0.05) is 5.02 Å². The van der Waals surface area contributed by atoms with Crippen LogP contribution in [-0.2, 0) is 0 Å². The summed E-state index contributed by atoms with van der Waals surface area (Å²) in [6.07, 6.45) is 0. The Morgan fingerprint density at radius 3 is 2.77 bits per heavy atom. The summed E-state index contributed by atoms with van der Waals surface area (Å²) in [4.78, 5) is 12.3. The van der Waals surface area contributed by atoms with Crippen LogP contribution in [0.4, 0.5) is 0 Å². The molecule has 0 spiro atoms. The van der Waals surface area contributed by atoms with Gasteiger partial charge in [-0.1, -0.05) is 23.7 Å². The number of para-hydroxylation sites is 1. The monoisotopic (exact) mass is 316 g/mol. The summed E-state index contributed by atoms with van der Waals surface area (Å²) in [5, 5.41) is 11.0. The molecule has 0 aliphatic carbocycles. The zero-order chi connectivity index (χ0) is 15.7. The maximum atomic E-state index is 12.3. The third kappa shape index (κ3) is 2.42. The second-order valence-corrected chi connectivity index (χ2v) is 5.12. The molecule has 0 aliphatic rings. The fraction of sp³-hybridized carbons (Fsp3) is 0.118. The number of rotatable bonds is 3. The minimum atomic E-state index is -0.487. The van der Waals surface area contributed by atoms with Crippen LogP contribution in [0.5, 0.6) is 11.5 Å². The lowest BCUT2D eigenvalue weighted by molar-refractivity contribution is 0.340.